The van der Waals surface area contributed by atoms with Crippen LogP contribution in [0.3, 0.4) is 0 Å². The SMILES string of the molecule is Cc1[nH]nc(CO)c1S(=O)(=O)NC1CCSCC1. The van der Waals surface area contributed by atoms with Gasteiger partial charge in [-0.1, -0.05) is 0 Å². The number of aryl methyl sites for hydroxylation is 1. The second-order valence-corrected chi connectivity index (χ2v) is 7.17. The largest absolute Gasteiger partial charge is 0.390 e. The van der Waals surface area contributed by atoms with Gasteiger partial charge in [-0.2, -0.15) is 16.9 Å². The molecule has 1 aliphatic rings. The highest BCUT2D eigenvalue weighted by molar-refractivity contribution is 7.99. The van der Waals surface area contributed by atoms with Crippen molar-refractivity contribution in [3.8, 4) is 0 Å². The number of thioether (sulfide) groups is 1. The highest BCUT2D eigenvalue weighted by Gasteiger charge is 2.27. The molecule has 1 fully saturated rings. The van der Waals surface area contributed by atoms with E-state index >= 15 is 0 Å². The Labute approximate surface area is 111 Å². The number of hydrogen-bond donors (Lipinski definition) is 3. The fourth-order valence-electron chi connectivity index (χ4n) is 2.03. The number of H-pyrrole nitrogens is 1. The van der Waals surface area contributed by atoms with Crippen LogP contribution in [0.15, 0.2) is 4.90 Å². The zero-order valence-corrected chi connectivity index (χ0v) is 11.8. The van der Waals surface area contributed by atoms with E-state index in [1.54, 1.807) is 6.92 Å². The van der Waals surface area contributed by atoms with Gasteiger partial charge in [-0.3, -0.25) is 5.10 Å². The van der Waals surface area contributed by atoms with Crippen molar-refractivity contribution in [1.82, 2.24) is 14.9 Å². The second-order valence-electron chi connectivity index (χ2n) is 4.29. The van der Waals surface area contributed by atoms with Crippen LogP contribution >= 0.6 is 11.8 Å². The van der Waals surface area contributed by atoms with Gasteiger partial charge in [0.25, 0.3) is 0 Å². The number of rotatable bonds is 4. The molecular weight excluding hydrogens is 274 g/mol. The average molecular weight is 291 g/mol. The van der Waals surface area contributed by atoms with Gasteiger partial charge in [0, 0.05) is 6.04 Å². The Balaban J connectivity index is 2.21. The molecule has 0 bridgehead atoms. The fourth-order valence-corrected chi connectivity index (χ4v) is 4.79. The van der Waals surface area contributed by atoms with E-state index in [1.165, 1.54) is 0 Å². The van der Waals surface area contributed by atoms with Crippen LogP contribution in [0.4, 0.5) is 0 Å². The van der Waals surface area contributed by atoms with E-state index in [0.717, 1.165) is 24.3 Å². The van der Waals surface area contributed by atoms with Crippen LogP contribution in [0.1, 0.15) is 24.2 Å². The summed E-state index contributed by atoms with van der Waals surface area (Å²) in [5.74, 6) is 1.95. The third kappa shape index (κ3) is 2.87. The molecule has 1 aromatic heterocycles. The second kappa shape index (κ2) is 5.60. The van der Waals surface area contributed by atoms with E-state index in [4.69, 9.17) is 5.11 Å². The summed E-state index contributed by atoms with van der Waals surface area (Å²) < 4.78 is 27.2. The van der Waals surface area contributed by atoms with Gasteiger partial charge in [0.1, 0.15) is 10.6 Å². The molecule has 2 rings (SSSR count). The Kier molecular flexibility index (Phi) is 4.31. The van der Waals surface area contributed by atoms with Crippen LogP contribution in [0.5, 0.6) is 0 Å². The topological polar surface area (TPSA) is 95.1 Å². The Morgan fingerprint density at radius 1 is 1.50 bits per heavy atom. The molecule has 0 spiro atoms. The molecule has 0 amide bonds. The summed E-state index contributed by atoms with van der Waals surface area (Å²) in [5, 5.41) is 15.5. The van der Waals surface area contributed by atoms with Crippen molar-refractivity contribution in [2.75, 3.05) is 11.5 Å². The van der Waals surface area contributed by atoms with Crippen molar-refractivity contribution in [2.24, 2.45) is 0 Å². The Hall–Kier alpha value is -0.570. The summed E-state index contributed by atoms with van der Waals surface area (Å²) in [5.41, 5.74) is 0.627. The molecule has 0 radical (unpaired) electrons. The molecule has 1 aliphatic heterocycles. The molecule has 0 saturated carbocycles. The van der Waals surface area contributed by atoms with Crippen LogP contribution < -0.4 is 4.72 Å². The van der Waals surface area contributed by atoms with E-state index in [-0.39, 0.29) is 23.2 Å². The quantitative estimate of drug-likeness (QED) is 0.745. The normalized spacial score (nSPS) is 18.1. The van der Waals surface area contributed by atoms with Gasteiger partial charge in [0.2, 0.25) is 10.0 Å². The minimum Gasteiger partial charge on any atom is -0.390 e. The first-order chi connectivity index (χ1) is 8.54. The average Bonchev–Trinajstić information content (AvgIpc) is 2.72. The molecule has 0 unspecified atom stereocenters. The Bertz CT molecular complexity index is 506. The summed E-state index contributed by atoms with van der Waals surface area (Å²) in [6.45, 7) is 1.25. The molecule has 18 heavy (non-hydrogen) atoms. The lowest BCUT2D eigenvalue weighted by molar-refractivity contribution is 0.273. The number of aromatic nitrogens is 2. The predicted molar refractivity (Wildman–Crippen MR) is 69.9 cm³/mol. The van der Waals surface area contributed by atoms with Crippen LogP contribution in [0.25, 0.3) is 0 Å². The number of aliphatic hydroxyl groups excluding tert-OH is 1. The maximum Gasteiger partial charge on any atom is 0.244 e. The van der Waals surface area contributed by atoms with E-state index in [9.17, 15) is 8.42 Å². The van der Waals surface area contributed by atoms with Crippen molar-refractivity contribution in [3.05, 3.63) is 11.4 Å². The molecule has 2 heterocycles. The zero-order valence-electron chi connectivity index (χ0n) is 10.1. The maximum atomic E-state index is 12.3. The van der Waals surface area contributed by atoms with Gasteiger partial charge in [-0.25, -0.2) is 13.1 Å². The molecule has 1 saturated heterocycles. The number of aliphatic hydroxyl groups is 1. The Morgan fingerprint density at radius 3 is 2.78 bits per heavy atom. The van der Waals surface area contributed by atoms with Gasteiger partial charge < -0.3 is 5.11 Å². The minimum atomic E-state index is -3.60. The smallest absolute Gasteiger partial charge is 0.244 e. The lowest BCUT2D eigenvalue weighted by Crippen LogP contribution is -2.37. The first kappa shape index (κ1) is 13.9. The lowest BCUT2D eigenvalue weighted by Gasteiger charge is -2.22. The Morgan fingerprint density at radius 2 is 2.17 bits per heavy atom. The number of aromatic amines is 1. The standard InChI is InChI=1S/C10H17N3O3S2/c1-7-10(9(6-14)12-11-7)18(15,16)13-8-2-4-17-5-3-8/h8,13-14H,2-6H2,1H3,(H,11,12). The molecule has 1 aromatic rings. The molecule has 0 atom stereocenters. The summed E-state index contributed by atoms with van der Waals surface area (Å²) in [6.07, 6.45) is 1.69. The van der Waals surface area contributed by atoms with Gasteiger partial charge in [-0.15, -0.1) is 0 Å². The summed E-state index contributed by atoms with van der Waals surface area (Å²) in [6, 6.07) is -0.0166. The third-order valence-corrected chi connectivity index (χ3v) is 5.69. The molecular formula is C10H17N3O3S2. The van der Waals surface area contributed by atoms with Gasteiger partial charge in [-0.05, 0) is 31.3 Å². The lowest BCUT2D eigenvalue weighted by atomic mass is 10.2. The van der Waals surface area contributed by atoms with E-state index in [1.807, 2.05) is 11.8 Å². The molecule has 0 aliphatic carbocycles. The fraction of sp³-hybridized carbons (Fsp3) is 0.700. The van der Waals surface area contributed by atoms with Crippen molar-refractivity contribution in [1.29, 1.82) is 0 Å². The molecule has 0 aromatic carbocycles. The van der Waals surface area contributed by atoms with Crippen LogP contribution in [0.2, 0.25) is 0 Å². The summed E-state index contributed by atoms with van der Waals surface area (Å²) >= 11 is 1.84. The van der Waals surface area contributed by atoms with Crippen LogP contribution in [-0.2, 0) is 16.6 Å². The monoisotopic (exact) mass is 291 g/mol. The third-order valence-electron chi connectivity index (χ3n) is 2.92. The summed E-state index contributed by atoms with van der Waals surface area (Å²) in [7, 11) is -3.60. The first-order valence-corrected chi connectivity index (χ1v) is 8.43. The predicted octanol–water partition coefficient (Wildman–Crippen LogP) is 0.384. The highest BCUT2D eigenvalue weighted by atomic mass is 32.2. The number of nitrogens with one attached hydrogen (secondary N) is 2. The van der Waals surface area contributed by atoms with Crippen molar-refractivity contribution in [2.45, 2.75) is 37.3 Å². The minimum absolute atomic E-state index is 0.0166. The van der Waals surface area contributed by atoms with Gasteiger partial charge in [0.05, 0.1) is 12.3 Å². The van der Waals surface area contributed by atoms with Crippen molar-refractivity contribution < 1.29 is 13.5 Å². The van der Waals surface area contributed by atoms with Gasteiger partial charge in [0.15, 0.2) is 0 Å². The van der Waals surface area contributed by atoms with Crippen LogP contribution in [-0.4, -0.2) is 41.3 Å². The highest BCUT2D eigenvalue weighted by Crippen LogP contribution is 2.22. The maximum absolute atomic E-state index is 12.3. The van der Waals surface area contributed by atoms with Crippen LogP contribution in [0, 0.1) is 6.92 Å². The zero-order chi connectivity index (χ0) is 13.2. The molecule has 102 valence electrons. The molecule has 8 heteroatoms. The van der Waals surface area contributed by atoms with E-state index in [2.05, 4.69) is 14.9 Å². The van der Waals surface area contributed by atoms with Gasteiger partial charge >= 0.3 is 0 Å². The van der Waals surface area contributed by atoms with E-state index < -0.39 is 10.0 Å². The summed E-state index contributed by atoms with van der Waals surface area (Å²) in [4.78, 5) is 0.0863. The first-order valence-electron chi connectivity index (χ1n) is 5.79. The molecule has 3 N–H and O–H groups in total. The number of nitrogens with zero attached hydrogens (tertiary/aromatic N) is 1. The molecule has 6 nitrogen and oxygen atoms in total. The van der Waals surface area contributed by atoms with E-state index in [0.29, 0.717) is 5.69 Å². The van der Waals surface area contributed by atoms with Crippen molar-refractivity contribution >= 4 is 21.8 Å². The van der Waals surface area contributed by atoms with Crippen molar-refractivity contribution in [3.63, 3.8) is 0 Å². The number of hydrogen-bond acceptors (Lipinski definition) is 5. The number of sulfonamides is 1.